The largest absolute Gasteiger partial charge is 0.395 e. The first-order chi connectivity index (χ1) is 6.58. The summed E-state index contributed by atoms with van der Waals surface area (Å²) in [4.78, 5) is 13.4. The van der Waals surface area contributed by atoms with Crippen LogP contribution in [0.1, 0.15) is 13.8 Å². The molecule has 0 aromatic carbocycles. The van der Waals surface area contributed by atoms with Crippen LogP contribution in [0, 0.1) is 5.92 Å². The van der Waals surface area contributed by atoms with Gasteiger partial charge in [0.05, 0.1) is 24.5 Å². The number of nitrogens with zero attached hydrogens (tertiary/aromatic N) is 1. The van der Waals surface area contributed by atoms with Crippen LogP contribution in [0.3, 0.4) is 0 Å². The minimum atomic E-state index is -0.517. The Hall–Kier alpha value is -0.260. The highest BCUT2D eigenvalue weighted by atomic mass is 32.2. The lowest BCUT2D eigenvalue weighted by atomic mass is 9.96. The molecule has 1 N–H and O–H groups in total. The summed E-state index contributed by atoms with van der Waals surface area (Å²) >= 11 is 1.69. The van der Waals surface area contributed by atoms with Crippen LogP contribution < -0.4 is 0 Å². The minimum Gasteiger partial charge on any atom is -0.395 e. The molecule has 0 bridgehead atoms. The molecule has 1 amide bonds. The fourth-order valence-corrected chi connectivity index (χ4v) is 3.35. The number of hydrogen-bond acceptors (Lipinski definition) is 4. The van der Waals surface area contributed by atoms with E-state index in [-0.39, 0.29) is 23.8 Å². The molecule has 0 aliphatic carbocycles. The first-order valence-corrected chi connectivity index (χ1v) is 5.82. The number of carbonyl (C=O) groups is 1. The van der Waals surface area contributed by atoms with E-state index in [2.05, 4.69) is 0 Å². The van der Waals surface area contributed by atoms with Gasteiger partial charge in [-0.3, -0.25) is 4.79 Å². The van der Waals surface area contributed by atoms with Crippen LogP contribution in [0.15, 0.2) is 0 Å². The molecule has 5 heteroatoms. The topological polar surface area (TPSA) is 49.8 Å². The number of amides is 1. The molecule has 2 heterocycles. The molecule has 0 spiro atoms. The summed E-state index contributed by atoms with van der Waals surface area (Å²) in [5.74, 6) is 0.673. The highest BCUT2D eigenvalue weighted by Gasteiger charge is 2.54. The number of β-lactam (4-membered cyclic amide) rings is 1. The predicted molar refractivity (Wildman–Crippen MR) is 53.7 cm³/mol. The summed E-state index contributed by atoms with van der Waals surface area (Å²) < 4.78 is 5.59. The lowest BCUT2D eigenvalue weighted by Gasteiger charge is -2.51. The number of carbonyl (C=O) groups excluding carboxylic acids is 1. The molecular weight excluding hydrogens is 202 g/mol. The van der Waals surface area contributed by atoms with Gasteiger partial charge in [0.2, 0.25) is 5.91 Å². The first-order valence-electron chi connectivity index (χ1n) is 4.77. The monoisotopic (exact) mass is 217 g/mol. The van der Waals surface area contributed by atoms with Gasteiger partial charge in [-0.2, -0.15) is 0 Å². The Balaban J connectivity index is 2.19. The standard InChI is InChI=1S/C9H15NO3S/c1-9(2)10-7(12)6(5-11)8(10)14-4-3-13-9/h6,8,11H,3-5H2,1-2H3/t6-,8-/m0/s1. The molecule has 2 aliphatic rings. The summed E-state index contributed by atoms with van der Waals surface area (Å²) in [6.07, 6.45) is 0. The van der Waals surface area contributed by atoms with Crippen molar-refractivity contribution in [3.63, 3.8) is 0 Å². The van der Waals surface area contributed by atoms with Gasteiger partial charge in [-0.15, -0.1) is 11.8 Å². The Kier molecular flexibility index (Phi) is 2.49. The smallest absolute Gasteiger partial charge is 0.234 e. The Morgan fingerprint density at radius 2 is 2.43 bits per heavy atom. The van der Waals surface area contributed by atoms with Crippen molar-refractivity contribution in [2.24, 2.45) is 5.92 Å². The maximum atomic E-state index is 11.7. The third-order valence-electron chi connectivity index (χ3n) is 2.76. The second-order valence-corrected chi connectivity index (χ2v) is 5.28. The summed E-state index contributed by atoms with van der Waals surface area (Å²) in [5, 5.41) is 9.16. The van der Waals surface area contributed by atoms with Gasteiger partial charge >= 0.3 is 0 Å². The van der Waals surface area contributed by atoms with Crippen LogP contribution in [-0.2, 0) is 9.53 Å². The van der Waals surface area contributed by atoms with Crippen LogP contribution in [0.2, 0.25) is 0 Å². The molecule has 2 rings (SSSR count). The first kappa shape index (κ1) is 10.3. The van der Waals surface area contributed by atoms with E-state index >= 15 is 0 Å². The molecule has 0 saturated carbocycles. The molecule has 0 aromatic heterocycles. The Morgan fingerprint density at radius 1 is 1.71 bits per heavy atom. The predicted octanol–water partition coefficient (Wildman–Crippen LogP) is 0.263. The zero-order valence-electron chi connectivity index (χ0n) is 8.40. The molecule has 4 nitrogen and oxygen atoms in total. The van der Waals surface area contributed by atoms with Crippen LogP contribution in [0.25, 0.3) is 0 Å². The second kappa shape index (κ2) is 3.40. The Labute approximate surface area is 87.6 Å². The average molecular weight is 217 g/mol. The van der Waals surface area contributed by atoms with E-state index in [0.717, 1.165) is 5.75 Å². The number of thioether (sulfide) groups is 1. The second-order valence-electron chi connectivity index (χ2n) is 4.05. The van der Waals surface area contributed by atoms with Crippen molar-refractivity contribution >= 4 is 17.7 Å². The van der Waals surface area contributed by atoms with Gasteiger partial charge in [0, 0.05) is 5.75 Å². The summed E-state index contributed by atoms with van der Waals surface area (Å²) in [6.45, 7) is 4.41. The van der Waals surface area contributed by atoms with Gasteiger partial charge in [-0.1, -0.05) is 0 Å². The van der Waals surface area contributed by atoms with Crippen LogP contribution in [-0.4, -0.2) is 46.0 Å². The van der Waals surface area contributed by atoms with Crippen molar-refractivity contribution in [1.29, 1.82) is 0 Å². The highest BCUT2D eigenvalue weighted by molar-refractivity contribution is 8.00. The molecule has 80 valence electrons. The fourth-order valence-electron chi connectivity index (χ4n) is 1.98. The van der Waals surface area contributed by atoms with Gasteiger partial charge in [-0.25, -0.2) is 0 Å². The summed E-state index contributed by atoms with van der Waals surface area (Å²) in [7, 11) is 0. The number of rotatable bonds is 1. The molecule has 2 aliphatic heterocycles. The van der Waals surface area contributed by atoms with Crippen LogP contribution in [0.5, 0.6) is 0 Å². The maximum absolute atomic E-state index is 11.7. The summed E-state index contributed by atoms with van der Waals surface area (Å²) in [5.41, 5.74) is -0.517. The van der Waals surface area contributed by atoms with E-state index in [4.69, 9.17) is 9.84 Å². The molecule has 2 fully saturated rings. The lowest BCUT2D eigenvalue weighted by Crippen LogP contribution is -2.67. The summed E-state index contributed by atoms with van der Waals surface area (Å²) in [6, 6.07) is 0. The van der Waals surface area contributed by atoms with Crippen molar-refractivity contribution in [1.82, 2.24) is 4.90 Å². The fraction of sp³-hybridized carbons (Fsp3) is 0.889. The number of hydrogen-bond donors (Lipinski definition) is 1. The molecule has 14 heavy (non-hydrogen) atoms. The zero-order chi connectivity index (χ0) is 10.3. The van der Waals surface area contributed by atoms with E-state index in [0.29, 0.717) is 6.61 Å². The Morgan fingerprint density at radius 3 is 3.07 bits per heavy atom. The molecule has 0 aromatic rings. The van der Waals surface area contributed by atoms with Crippen molar-refractivity contribution < 1.29 is 14.6 Å². The maximum Gasteiger partial charge on any atom is 0.234 e. The quantitative estimate of drug-likeness (QED) is 0.640. The average Bonchev–Trinajstić information content (AvgIpc) is 2.22. The molecule has 0 unspecified atom stereocenters. The van der Waals surface area contributed by atoms with E-state index in [1.165, 1.54) is 0 Å². The third kappa shape index (κ3) is 1.34. The highest BCUT2D eigenvalue weighted by Crippen LogP contribution is 2.42. The number of aliphatic hydroxyl groups is 1. The number of ether oxygens (including phenoxy) is 1. The van der Waals surface area contributed by atoms with Crippen molar-refractivity contribution in [2.45, 2.75) is 24.9 Å². The van der Waals surface area contributed by atoms with E-state index < -0.39 is 5.72 Å². The molecular formula is C9H15NO3S. The van der Waals surface area contributed by atoms with Crippen LogP contribution in [0.4, 0.5) is 0 Å². The number of fused-ring (bicyclic) bond motifs is 1. The third-order valence-corrected chi connectivity index (χ3v) is 4.04. The minimum absolute atomic E-state index is 0.0110. The Bertz CT molecular complexity index is 256. The van der Waals surface area contributed by atoms with Crippen LogP contribution >= 0.6 is 11.8 Å². The van der Waals surface area contributed by atoms with Crippen molar-refractivity contribution in [2.75, 3.05) is 19.0 Å². The molecule has 2 saturated heterocycles. The van der Waals surface area contributed by atoms with E-state index in [9.17, 15) is 4.79 Å². The molecule has 0 radical (unpaired) electrons. The lowest BCUT2D eigenvalue weighted by molar-refractivity contribution is -0.195. The zero-order valence-corrected chi connectivity index (χ0v) is 9.21. The van der Waals surface area contributed by atoms with Gasteiger partial charge in [-0.05, 0) is 13.8 Å². The van der Waals surface area contributed by atoms with Gasteiger partial charge < -0.3 is 14.7 Å². The van der Waals surface area contributed by atoms with E-state index in [1.54, 1.807) is 16.7 Å². The van der Waals surface area contributed by atoms with Crippen molar-refractivity contribution in [3.8, 4) is 0 Å². The molecule has 2 atom stereocenters. The van der Waals surface area contributed by atoms with E-state index in [1.807, 2.05) is 13.8 Å². The van der Waals surface area contributed by atoms with Gasteiger partial charge in [0.25, 0.3) is 0 Å². The van der Waals surface area contributed by atoms with Crippen molar-refractivity contribution in [3.05, 3.63) is 0 Å². The SMILES string of the molecule is CC1(C)OCCS[C@H]2[C@@H](CO)C(=O)N21. The van der Waals surface area contributed by atoms with Gasteiger partial charge in [0.15, 0.2) is 0 Å². The number of aliphatic hydroxyl groups excluding tert-OH is 1. The van der Waals surface area contributed by atoms with Gasteiger partial charge in [0.1, 0.15) is 5.72 Å². The normalized spacial score (nSPS) is 35.9.